The van der Waals surface area contributed by atoms with E-state index in [9.17, 15) is 4.79 Å². The van der Waals surface area contributed by atoms with Gasteiger partial charge in [-0.15, -0.1) is 0 Å². The third kappa shape index (κ3) is 1.81. The molecule has 0 saturated carbocycles. The summed E-state index contributed by atoms with van der Waals surface area (Å²) < 4.78 is 16.0. The molecule has 1 heterocycles. The van der Waals surface area contributed by atoms with Gasteiger partial charge in [-0.25, -0.2) is 4.79 Å². The number of aryl methyl sites for hydroxylation is 1. The number of ether oxygens (including phenoxy) is 2. The smallest absolute Gasteiger partial charge is 0.344 e. The van der Waals surface area contributed by atoms with Gasteiger partial charge in [0.25, 0.3) is 0 Å². The van der Waals surface area contributed by atoms with E-state index in [4.69, 9.17) is 13.9 Å². The van der Waals surface area contributed by atoms with Gasteiger partial charge in [-0.2, -0.15) is 0 Å². The molecule has 4 nitrogen and oxygen atoms in total. The van der Waals surface area contributed by atoms with E-state index in [1.165, 1.54) is 0 Å². The molecule has 102 valence electrons. The van der Waals surface area contributed by atoms with Crippen LogP contribution in [0.25, 0.3) is 21.7 Å². The number of rotatable bonds is 2. The summed E-state index contributed by atoms with van der Waals surface area (Å²) in [6, 6.07) is 9.13. The minimum atomic E-state index is -0.372. The van der Waals surface area contributed by atoms with Gasteiger partial charge in [0.1, 0.15) is 17.1 Å². The molecule has 1 aromatic heterocycles. The fourth-order valence-corrected chi connectivity index (χ4v) is 2.43. The highest BCUT2D eigenvalue weighted by Gasteiger charge is 2.13. The normalized spacial score (nSPS) is 10.9. The Kier molecular flexibility index (Phi) is 2.86. The Morgan fingerprint density at radius 1 is 1.00 bits per heavy atom. The minimum absolute atomic E-state index is 0.372. The van der Waals surface area contributed by atoms with Gasteiger partial charge < -0.3 is 13.9 Å². The van der Waals surface area contributed by atoms with Crippen molar-refractivity contribution in [3.63, 3.8) is 0 Å². The van der Waals surface area contributed by atoms with Crippen LogP contribution < -0.4 is 15.1 Å². The van der Waals surface area contributed by atoms with Gasteiger partial charge in [0.15, 0.2) is 0 Å². The predicted octanol–water partition coefficient (Wildman–Crippen LogP) is 3.27. The van der Waals surface area contributed by atoms with Gasteiger partial charge in [0.2, 0.25) is 0 Å². The molecule has 0 unspecified atom stereocenters. The second kappa shape index (κ2) is 4.56. The van der Waals surface area contributed by atoms with Crippen LogP contribution in [-0.4, -0.2) is 14.2 Å². The summed E-state index contributed by atoms with van der Waals surface area (Å²) in [4.78, 5) is 12.1. The predicted molar refractivity (Wildman–Crippen MR) is 77.8 cm³/mol. The van der Waals surface area contributed by atoms with Gasteiger partial charge in [-0.05, 0) is 36.8 Å². The maximum Gasteiger partial charge on any atom is 0.344 e. The zero-order valence-corrected chi connectivity index (χ0v) is 11.5. The summed E-state index contributed by atoms with van der Waals surface area (Å²) in [5, 5.41) is 2.13. The molecule has 0 atom stereocenters. The minimum Gasteiger partial charge on any atom is -0.497 e. The molecule has 20 heavy (non-hydrogen) atoms. The summed E-state index contributed by atoms with van der Waals surface area (Å²) >= 11 is 0. The molecule has 0 N–H and O–H groups in total. The first kappa shape index (κ1) is 12.5. The molecule has 0 saturated heterocycles. The lowest BCUT2D eigenvalue weighted by Crippen LogP contribution is -2.02. The van der Waals surface area contributed by atoms with Crippen molar-refractivity contribution in [2.24, 2.45) is 0 Å². The van der Waals surface area contributed by atoms with E-state index in [2.05, 4.69) is 0 Å². The molecule has 0 aliphatic heterocycles. The van der Waals surface area contributed by atoms with Crippen molar-refractivity contribution in [3.05, 3.63) is 46.3 Å². The summed E-state index contributed by atoms with van der Waals surface area (Å²) in [5.41, 5.74) is 1.07. The van der Waals surface area contributed by atoms with Crippen molar-refractivity contribution in [2.45, 2.75) is 6.92 Å². The molecule has 3 rings (SSSR count). The van der Waals surface area contributed by atoms with E-state index in [0.717, 1.165) is 16.3 Å². The van der Waals surface area contributed by atoms with Crippen LogP contribution in [0.15, 0.2) is 39.5 Å². The molecule has 3 aromatic rings. The molecule has 4 heteroatoms. The van der Waals surface area contributed by atoms with E-state index in [1.54, 1.807) is 20.3 Å². The average molecular weight is 270 g/mol. The third-order valence-electron chi connectivity index (χ3n) is 3.35. The Morgan fingerprint density at radius 2 is 1.80 bits per heavy atom. The van der Waals surface area contributed by atoms with Crippen molar-refractivity contribution >= 4 is 21.7 Å². The Hall–Kier alpha value is -2.49. The topological polar surface area (TPSA) is 48.7 Å². The summed E-state index contributed by atoms with van der Waals surface area (Å²) in [5.74, 6) is 1.31. The van der Waals surface area contributed by atoms with Crippen LogP contribution in [-0.2, 0) is 0 Å². The molecule has 0 aliphatic rings. The van der Waals surface area contributed by atoms with Gasteiger partial charge in [0.05, 0.1) is 19.6 Å². The second-order valence-corrected chi connectivity index (χ2v) is 4.64. The first-order valence-corrected chi connectivity index (χ1v) is 6.23. The molecular weight excluding hydrogens is 256 g/mol. The Morgan fingerprint density at radius 3 is 2.50 bits per heavy atom. The zero-order chi connectivity index (χ0) is 14.3. The third-order valence-corrected chi connectivity index (χ3v) is 3.35. The zero-order valence-electron chi connectivity index (χ0n) is 11.5. The van der Waals surface area contributed by atoms with Crippen LogP contribution in [0.2, 0.25) is 0 Å². The molecule has 2 aromatic carbocycles. The van der Waals surface area contributed by atoms with Crippen LogP contribution in [0.5, 0.6) is 11.5 Å². The molecule has 0 radical (unpaired) electrons. The highest BCUT2D eigenvalue weighted by Crippen LogP contribution is 2.33. The standard InChI is InChI=1S/C16H14O4/c1-9-6-12-15(14(7-9)19-3)11-5-4-10(18-2)8-13(11)20-16(12)17/h4-8H,1-3H3. The van der Waals surface area contributed by atoms with Gasteiger partial charge in [-0.3, -0.25) is 0 Å². The first-order chi connectivity index (χ1) is 9.63. The van der Waals surface area contributed by atoms with Gasteiger partial charge in [-0.1, -0.05) is 0 Å². The van der Waals surface area contributed by atoms with Crippen LogP contribution in [0.3, 0.4) is 0 Å². The average Bonchev–Trinajstić information content (AvgIpc) is 2.46. The van der Waals surface area contributed by atoms with Gasteiger partial charge in [0, 0.05) is 16.8 Å². The summed E-state index contributed by atoms with van der Waals surface area (Å²) in [6.07, 6.45) is 0. The molecule has 0 aliphatic carbocycles. The maximum absolute atomic E-state index is 12.1. The van der Waals surface area contributed by atoms with E-state index in [-0.39, 0.29) is 5.63 Å². The van der Waals surface area contributed by atoms with E-state index in [1.807, 2.05) is 31.2 Å². The number of hydrogen-bond acceptors (Lipinski definition) is 4. The van der Waals surface area contributed by atoms with Crippen molar-refractivity contribution in [2.75, 3.05) is 14.2 Å². The number of methoxy groups -OCH3 is 2. The van der Waals surface area contributed by atoms with Crippen LogP contribution in [0, 0.1) is 6.92 Å². The molecule has 0 spiro atoms. The lowest BCUT2D eigenvalue weighted by molar-refractivity contribution is 0.414. The molecule has 0 fully saturated rings. The van der Waals surface area contributed by atoms with Crippen molar-refractivity contribution in [1.82, 2.24) is 0 Å². The lowest BCUT2D eigenvalue weighted by atomic mass is 10.0. The first-order valence-electron chi connectivity index (χ1n) is 6.23. The van der Waals surface area contributed by atoms with Gasteiger partial charge >= 0.3 is 5.63 Å². The van der Waals surface area contributed by atoms with E-state index in [0.29, 0.717) is 22.5 Å². The molecule has 0 bridgehead atoms. The highest BCUT2D eigenvalue weighted by molar-refractivity contribution is 6.08. The Labute approximate surface area is 115 Å². The van der Waals surface area contributed by atoms with E-state index < -0.39 is 0 Å². The summed E-state index contributed by atoms with van der Waals surface area (Å²) in [6.45, 7) is 1.92. The van der Waals surface area contributed by atoms with E-state index >= 15 is 0 Å². The van der Waals surface area contributed by atoms with Crippen LogP contribution in [0.4, 0.5) is 0 Å². The quantitative estimate of drug-likeness (QED) is 0.529. The second-order valence-electron chi connectivity index (χ2n) is 4.64. The fourth-order valence-electron chi connectivity index (χ4n) is 2.43. The number of hydrogen-bond donors (Lipinski definition) is 0. The SMILES string of the molecule is COc1ccc2c(c1)oc(=O)c1cc(C)cc(OC)c12. The van der Waals surface area contributed by atoms with Crippen LogP contribution >= 0.6 is 0 Å². The number of fused-ring (bicyclic) bond motifs is 3. The molecule has 0 amide bonds. The fraction of sp³-hybridized carbons (Fsp3) is 0.188. The Bertz CT molecular complexity index is 862. The highest BCUT2D eigenvalue weighted by atomic mass is 16.5. The lowest BCUT2D eigenvalue weighted by Gasteiger charge is -2.09. The Balaban J connectivity index is 2.55. The van der Waals surface area contributed by atoms with Crippen molar-refractivity contribution in [3.8, 4) is 11.5 Å². The number of benzene rings is 2. The summed E-state index contributed by atoms with van der Waals surface area (Å²) in [7, 11) is 3.17. The van der Waals surface area contributed by atoms with Crippen molar-refractivity contribution < 1.29 is 13.9 Å². The molecular formula is C16H14O4. The van der Waals surface area contributed by atoms with Crippen molar-refractivity contribution in [1.29, 1.82) is 0 Å². The largest absolute Gasteiger partial charge is 0.497 e. The van der Waals surface area contributed by atoms with Crippen LogP contribution in [0.1, 0.15) is 5.56 Å². The monoisotopic (exact) mass is 270 g/mol. The maximum atomic E-state index is 12.1.